The Kier molecular flexibility index (Phi) is 7.11. The van der Waals surface area contributed by atoms with Crippen LogP contribution >= 0.6 is 23.2 Å². The molecule has 0 amide bonds. The Morgan fingerprint density at radius 1 is 0.935 bits per heavy atom. The number of hydrogen-bond acceptors (Lipinski definition) is 4. The van der Waals surface area contributed by atoms with Crippen LogP contribution in [0.5, 0.6) is 0 Å². The fourth-order valence-electron chi connectivity index (χ4n) is 4.54. The number of nitrogens with zero attached hydrogens (tertiary/aromatic N) is 3. The summed E-state index contributed by atoms with van der Waals surface area (Å²) in [6.45, 7) is 0. The monoisotopic (exact) mass is 455 g/mol. The van der Waals surface area contributed by atoms with Crippen molar-refractivity contribution in [3.05, 3.63) is 76.1 Å². The van der Waals surface area contributed by atoms with Gasteiger partial charge >= 0.3 is 0 Å². The highest BCUT2D eigenvalue weighted by Gasteiger charge is 2.29. The molecule has 1 atom stereocenters. The van der Waals surface area contributed by atoms with Crippen LogP contribution in [0.4, 0.5) is 0 Å². The van der Waals surface area contributed by atoms with Gasteiger partial charge < -0.3 is 9.42 Å². The number of halogens is 2. The lowest BCUT2D eigenvalue weighted by atomic mass is 9.76. The van der Waals surface area contributed by atoms with Crippen LogP contribution in [0.15, 0.2) is 59.1 Å². The Morgan fingerprint density at radius 2 is 1.55 bits per heavy atom. The van der Waals surface area contributed by atoms with Crippen LogP contribution in [-0.2, 0) is 0 Å². The van der Waals surface area contributed by atoms with Gasteiger partial charge in [-0.15, -0.1) is 0 Å². The molecule has 0 bridgehead atoms. The molecule has 0 radical (unpaired) electrons. The molecule has 0 N–H and O–H groups in total. The summed E-state index contributed by atoms with van der Waals surface area (Å²) < 4.78 is 5.40. The van der Waals surface area contributed by atoms with Crippen molar-refractivity contribution in [2.24, 2.45) is 11.8 Å². The van der Waals surface area contributed by atoms with Gasteiger partial charge in [0.1, 0.15) is 0 Å². The van der Waals surface area contributed by atoms with E-state index in [0.717, 1.165) is 23.4 Å². The molecule has 1 saturated carbocycles. The Balaban J connectivity index is 1.36. The highest BCUT2D eigenvalue weighted by atomic mass is 35.5. The predicted octanol–water partition coefficient (Wildman–Crippen LogP) is 7.17. The molecule has 6 heteroatoms. The first-order valence-corrected chi connectivity index (χ1v) is 11.4. The summed E-state index contributed by atoms with van der Waals surface area (Å²) in [6, 6.07) is 16.2. The minimum atomic E-state index is 0.417. The average Bonchev–Trinajstić information content (AvgIpc) is 3.24. The molecule has 0 spiro atoms. The van der Waals surface area contributed by atoms with Crippen molar-refractivity contribution in [2.45, 2.75) is 31.7 Å². The SMILES string of the molecule is CN(C)C(c1ccc(Cl)cc1)C1CCC(C=Cc2nc(-c3ccc(Cl)cc3)no2)CC1. The zero-order chi connectivity index (χ0) is 21.8. The largest absolute Gasteiger partial charge is 0.334 e. The lowest BCUT2D eigenvalue weighted by molar-refractivity contribution is 0.159. The number of hydrogen-bond donors (Lipinski definition) is 0. The molecule has 4 nitrogen and oxygen atoms in total. The maximum Gasteiger partial charge on any atom is 0.250 e. The second-order valence-corrected chi connectivity index (χ2v) is 9.33. The average molecular weight is 456 g/mol. The summed E-state index contributed by atoms with van der Waals surface area (Å²) in [6.07, 6.45) is 8.90. The van der Waals surface area contributed by atoms with Crippen molar-refractivity contribution in [1.82, 2.24) is 15.0 Å². The molecule has 0 aliphatic heterocycles. The van der Waals surface area contributed by atoms with Gasteiger partial charge in [-0.3, -0.25) is 0 Å². The van der Waals surface area contributed by atoms with Gasteiger partial charge in [-0.25, -0.2) is 0 Å². The molecule has 1 aromatic heterocycles. The van der Waals surface area contributed by atoms with Gasteiger partial charge in [0, 0.05) is 21.7 Å². The summed E-state index contributed by atoms with van der Waals surface area (Å²) in [7, 11) is 4.33. The van der Waals surface area contributed by atoms with E-state index in [1.807, 2.05) is 42.5 Å². The molecule has 1 fully saturated rings. The Hall–Kier alpha value is -2.14. The van der Waals surface area contributed by atoms with Crippen molar-refractivity contribution < 1.29 is 4.52 Å². The van der Waals surface area contributed by atoms with Crippen LogP contribution in [0, 0.1) is 11.8 Å². The van der Waals surface area contributed by atoms with E-state index in [4.69, 9.17) is 27.7 Å². The number of rotatable bonds is 6. The van der Waals surface area contributed by atoms with Crippen LogP contribution in [0.2, 0.25) is 10.0 Å². The van der Waals surface area contributed by atoms with E-state index in [9.17, 15) is 0 Å². The maximum absolute atomic E-state index is 6.08. The molecule has 162 valence electrons. The van der Waals surface area contributed by atoms with E-state index in [0.29, 0.717) is 34.6 Å². The van der Waals surface area contributed by atoms with Gasteiger partial charge in [0.05, 0.1) is 0 Å². The molecular weight excluding hydrogens is 429 g/mol. The smallest absolute Gasteiger partial charge is 0.250 e. The van der Waals surface area contributed by atoms with Crippen LogP contribution < -0.4 is 0 Å². The second-order valence-electron chi connectivity index (χ2n) is 8.46. The summed E-state index contributed by atoms with van der Waals surface area (Å²) in [5, 5.41) is 5.56. The van der Waals surface area contributed by atoms with Gasteiger partial charge in [-0.1, -0.05) is 46.6 Å². The molecule has 2 aromatic carbocycles. The summed E-state index contributed by atoms with van der Waals surface area (Å²) >= 11 is 12.0. The molecule has 1 aliphatic rings. The van der Waals surface area contributed by atoms with Crippen molar-refractivity contribution >= 4 is 29.3 Å². The molecular formula is C25H27Cl2N3O. The van der Waals surface area contributed by atoms with Crippen molar-refractivity contribution in [1.29, 1.82) is 0 Å². The lowest BCUT2D eigenvalue weighted by Crippen LogP contribution is -2.30. The minimum absolute atomic E-state index is 0.417. The Morgan fingerprint density at radius 3 is 2.16 bits per heavy atom. The third kappa shape index (κ3) is 5.57. The van der Waals surface area contributed by atoms with Gasteiger partial charge in [0.2, 0.25) is 5.82 Å². The highest BCUT2D eigenvalue weighted by Crippen LogP contribution is 2.40. The number of aromatic nitrogens is 2. The van der Waals surface area contributed by atoms with E-state index in [1.54, 1.807) is 0 Å². The highest BCUT2D eigenvalue weighted by molar-refractivity contribution is 6.30. The van der Waals surface area contributed by atoms with Crippen molar-refractivity contribution in [3.8, 4) is 11.4 Å². The first-order valence-electron chi connectivity index (χ1n) is 10.7. The molecule has 4 rings (SSSR count). The van der Waals surface area contributed by atoms with E-state index in [-0.39, 0.29) is 0 Å². The second kappa shape index (κ2) is 9.99. The summed E-state index contributed by atoms with van der Waals surface area (Å²) in [4.78, 5) is 6.82. The first-order chi connectivity index (χ1) is 15.0. The molecule has 1 heterocycles. The first kappa shape index (κ1) is 22.1. The molecule has 31 heavy (non-hydrogen) atoms. The third-order valence-electron chi connectivity index (χ3n) is 6.09. The molecule has 1 aliphatic carbocycles. The van der Waals surface area contributed by atoms with E-state index in [1.165, 1.54) is 18.4 Å². The predicted molar refractivity (Wildman–Crippen MR) is 127 cm³/mol. The summed E-state index contributed by atoms with van der Waals surface area (Å²) in [5.41, 5.74) is 2.24. The fourth-order valence-corrected chi connectivity index (χ4v) is 4.79. The molecule has 0 saturated heterocycles. The van der Waals surface area contributed by atoms with E-state index >= 15 is 0 Å². The Bertz CT molecular complexity index is 1000. The lowest BCUT2D eigenvalue weighted by Gasteiger charge is -2.37. The zero-order valence-electron chi connectivity index (χ0n) is 17.8. The fraction of sp³-hybridized carbons (Fsp3) is 0.360. The summed E-state index contributed by atoms with van der Waals surface area (Å²) in [5.74, 6) is 2.30. The van der Waals surface area contributed by atoms with Gasteiger partial charge in [0.25, 0.3) is 5.89 Å². The van der Waals surface area contributed by atoms with E-state index < -0.39 is 0 Å². The van der Waals surface area contributed by atoms with Gasteiger partial charge in [-0.05, 0) is 99.7 Å². The van der Waals surface area contributed by atoms with Crippen molar-refractivity contribution in [3.63, 3.8) is 0 Å². The van der Waals surface area contributed by atoms with Crippen LogP contribution in [-0.4, -0.2) is 29.1 Å². The number of allylic oxidation sites excluding steroid dienone is 1. The van der Waals surface area contributed by atoms with Gasteiger partial charge in [-0.2, -0.15) is 4.98 Å². The number of benzene rings is 2. The van der Waals surface area contributed by atoms with E-state index in [2.05, 4.69) is 47.3 Å². The van der Waals surface area contributed by atoms with Crippen LogP contribution in [0.25, 0.3) is 17.5 Å². The van der Waals surface area contributed by atoms with Crippen LogP contribution in [0.1, 0.15) is 43.2 Å². The quantitative estimate of drug-likeness (QED) is 0.395. The molecule has 3 aromatic rings. The van der Waals surface area contributed by atoms with Gasteiger partial charge in [0.15, 0.2) is 0 Å². The minimum Gasteiger partial charge on any atom is -0.334 e. The zero-order valence-corrected chi connectivity index (χ0v) is 19.4. The maximum atomic E-state index is 6.08. The third-order valence-corrected chi connectivity index (χ3v) is 6.59. The van der Waals surface area contributed by atoms with Crippen molar-refractivity contribution in [2.75, 3.05) is 14.1 Å². The topological polar surface area (TPSA) is 42.2 Å². The Labute approximate surface area is 193 Å². The normalized spacial score (nSPS) is 20.4. The standard InChI is InChI=1S/C25H27Cl2N3O/c1-30(2)24(19-8-12-21(26)13-9-19)18-6-3-17(4-7-18)5-16-23-28-25(29-31-23)20-10-14-22(27)15-11-20/h5,8-18,24H,3-4,6-7H2,1-2H3. The van der Waals surface area contributed by atoms with Crippen LogP contribution in [0.3, 0.4) is 0 Å². The molecule has 1 unspecified atom stereocenters.